The molecule has 3 aromatic carbocycles. The van der Waals surface area contributed by atoms with Crippen molar-refractivity contribution in [2.45, 2.75) is 32.0 Å². The van der Waals surface area contributed by atoms with Crippen LogP contribution in [0, 0.1) is 22.7 Å². The summed E-state index contributed by atoms with van der Waals surface area (Å²) >= 11 is 0. The summed E-state index contributed by atoms with van der Waals surface area (Å²) in [7, 11) is 1.63. The van der Waals surface area contributed by atoms with E-state index in [0.717, 1.165) is 22.5 Å². The molecular weight excluding hydrogens is 412 g/mol. The molecular formula is C27H24N4O2. The zero-order valence-corrected chi connectivity index (χ0v) is 18.7. The number of nitriles is 2. The smallest absolute Gasteiger partial charge is 0.134 e. The minimum absolute atomic E-state index is 0.0125. The van der Waals surface area contributed by atoms with E-state index < -0.39 is 0 Å². The fraction of sp³-hybridized carbons (Fsp3) is 0.222. The number of rotatable bonds is 6. The van der Waals surface area contributed by atoms with Gasteiger partial charge in [-0.3, -0.25) is 4.99 Å². The first-order chi connectivity index (χ1) is 16.0. The zero-order valence-electron chi connectivity index (χ0n) is 18.7. The fourth-order valence-corrected chi connectivity index (χ4v) is 3.85. The normalized spacial score (nSPS) is 17.0. The molecule has 6 nitrogen and oxygen atoms in total. The van der Waals surface area contributed by atoms with E-state index in [-0.39, 0.29) is 18.2 Å². The molecule has 0 aromatic heterocycles. The van der Waals surface area contributed by atoms with Crippen molar-refractivity contribution < 1.29 is 9.47 Å². The monoisotopic (exact) mass is 436 g/mol. The van der Waals surface area contributed by atoms with Gasteiger partial charge in [0.05, 0.1) is 48.1 Å². The highest BCUT2D eigenvalue weighted by molar-refractivity contribution is 6.03. The van der Waals surface area contributed by atoms with Crippen molar-refractivity contribution in [1.82, 2.24) is 5.32 Å². The Bertz CT molecular complexity index is 1250. The third-order valence-corrected chi connectivity index (χ3v) is 5.46. The summed E-state index contributed by atoms with van der Waals surface area (Å²) < 4.78 is 11.5. The first-order valence-electron chi connectivity index (χ1n) is 10.7. The minimum atomic E-state index is -0.213. The molecule has 3 aromatic rings. The molecule has 0 saturated heterocycles. The summed E-state index contributed by atoms with van der Waals surface area (Å²) in [6.07, 6.45) is -0.0125. The Labute approximate surface area is 193 Å². The van der Waals surface area contributed by atoms with E-state index >= 15 is 0 Å². The Morgan fingerprint density at radius 2 is 1.48 bits per heavy atom. The molecule has 1 N–H and O–H groups in total. The number of ether oxygens (including phenoxy) is 2. The SMILES string of the molecule is COc1ccc(C2=N[C@H](c3ccc(C#N)cc3)[C@H](c3ccc(C#N)cc3)N2)c(OC(C)C)c1. The van der Waals surface area contributed by atoms with Gasteiger partial charge in [0.1, 0.15) is 23.4 Å². The van der Waals surface area contributed by atoms with E-state index in [0.29, 0.717) is 22.6 Å². The molecule has 0 amide bonds. The molecule has 0 bridgehead atoms. The van der Waals surface area contributed by atoms with Crippen LogP contribution in [0.3, 0.4) is 0 Å². The molecule has 1 heterocycles. The predicted molar refractivity (Wildman–Crippen MR) is 126 cm³/mol. The van der Waals surface area contributed by atoms with Crippen LogP contribution in [0.25, 0.3) is 0 Å². The number of nitrogens with one attached hydrogen (secondary N) is 1. The zero-order chi connectivity index (χ0) is 23.4. The van der Waals surface area contributed by atoms with Crippen LogP contribution in [-0.2, 0) is 0 Å². The van der Waals surface area contributed by atoms with Gasteiger partial charge < -0.3 is 14.8 Å². The first kappa shape index (κ1) is 21.9. The molecule has 6 heteroatoms. The first-order valence-corrected chi connectivity index (χ1v) is 10.7. The van der Waals surface area contributed by atoms with Crippen LogP contribution in [0.4, 0.5) is 0 Å². The predicted octanol–water partition coefficient (Wildman–Crippen LogP) is 5.06. The molecule has 1 aliphatic heterocycles. The van der Waals surface area contributed by atoms with Gasteiger partial charge >= 0.3 is 0 Å². The third kappa shape index (κ3) is 4.66. The number of hydrogen-bond donors (Lipinski definition) is 1. The van der Waals surface area contributed by atoms with Gasteiger partial charge in [-0.2, -0.15) is 10.5 Å². The van der Waals surface area contributed by atoms with Crippen LogP contribution in [0.1, 0.15) is 53.7 Å². The lowest BCUT2D eigenvalue weighted by atomic mass is 9.94. The van der Waals surface area contributed by atoms with E-state index in [1.54, 1.807) is 19.2 Å². The highest BCUT2D eigenvalue weighted by Gasteiger charge is 2.33. The summed E-state index contributed by atoms with van der Waals surface area (Å²) in [6, 6.07) is 24.7. The van der Waals surface area contributed by atoms with Crippen molar-refractivity contribution in [3.05, 3.63) is 94.5 Å². The summed E-state index contributed by atoms with van der Waals surface area (Å²) in [4.78, 5) is 5.04. The second-order valence-corrected chi connectivity index (χ2v) is 8.04. The summed E-state index contributed by atoms with van der Waals surface area (Å²) in [6.45, 7) is 3.96. The Hall–Kier alpha value is -4.29. The molecule has 0 radical (unpaired) electrons. The van der Waals surface area contributed by atoms with Crippen LogP contribution in [0.5, 0.6) is 11.5 Å². The number of amidine groups is 1. The molecule has 1 aliphatic rings. The quantitative estimate of drug-likeness (QED) is 0.583. The molecule has 4 rings (SSSR count). The van der Waals surface area contributed by atoms with E-state index in [2.05, 4.69) is 17.5 Å². The molecule has 0 spiro atoms. The third-order valence-electron chi connectivity index (χ3n) is 5.46. The molecule has 0 fully saturated rings. The van der Waals surface area contributed by atoms with Crippen molar-refractivity contribution in [3.8, 4) is 23.6 Å². The van der Waals surface area contributed by atoms with E-state index in [1.807, 2.05) is 68.4 Å². The summed E-state index contributed by atoms with van der Waals surface area (Å²) in [5, 5.41) is 21.9. The van der Waals surface area contributed by atoms with Crippen molar-refractivity contribution in [2.75, 3.05) is 7.11 Å². The maximum atomic E-state index is 9.17. The topological polar surface area (TPSA) is 90.4 Å². The van der Waals surface area contributed by atoms with Crippen LogP contribution < -0.4 is 14.8 Å². The van der Waals surface area contributed by atoms with Gasteiger partial charge in [0.15, 0.2) is 0 Å². The fourth-order valence-electron chi connectivity index (χ4n) is 3.85. The maximum absolute atomic E-state index is 9.17. The van der Waals surface area contributed by atoms with Gasteiger partial charge in [0, 0.05) is 6.07 Å². The van der Waals surface area contributed by atoms with Crippen LogP contribution >= 0.6 is 0 Å². The Morgan fingerprint density at radius 3 is 2.03 bits per heavy atom. The van der Waals surface area contributed by atoms with Gasteiger partial charge in [-0.25, -0.2) is 0 Å². The number of nitrogens with zero attached hydrogens (tertiary/aromatic N) is 3. The average molecular weight is 437 g/mol. The largest absolute Gasteiger partial charge is 0.497 e. The molecule has 0 unspecified atom stereocenters. The van der Waals surface area contributed by atoms with Crippen molar-refractivity contribution in [3.63, 3.8) is 0 Å². The summed E-state index contributed by atoms with van der Waals surface area (Å²) in [5.41, 5.74) is 4.06. The lowest BCUT2D eigenvalue weighted by Gasteiger charge is -2.20. The van der Waals surface area contributed by atoms with Crippen LogP contribution in [0.15, 0.2) is 71.7 Å². The van der Waals surface area contributed by atoms with Crippen LogP contribution in [0.2, 0.25) is 0 Å². The van der Waals surface area contributed by atoms with Crippen molar-refractivity contribution >= 4 is 5.84 Å². The van der Waals surface area contributed by atoms with E-state index in [4.69, 9.17) is 19.7 Å². The number of aliphatic imine (C=N–C) groups is 1. The standard InChI is InChI=1S/C27H24N4O2/c1-17(2)33-24-14-22(32-3)12-13-23(24)27-30-25(20-8-4-18(15-28)5-9-20)26(31-27)21-10-6-19(16-29)7-11-21/h4-14,17,25-26H,1-3H3,(H,30,31)/t25-,26+. The lowest BCUT2D eigenvalue weighted by molar-refractivity contribution is 0.240. The Kier molecular flexibility index (Phi) is 6.29. The van der Waals surface area contributed by atoms with Gasteiger partial charge in [0.25, 0.3) is 0 Å². The van der Waals surface area contributed by atoms with E-state index in [1.165, 1.54) is 0 Å². The molecule has 2 atom stereocenters. The van der Waals surface area contributed by atoms with Gasteiger partial charge in [-0.1, -0.05) is 24.3 Å². The van der Waals surface area contributed by atoms with Gasteiger partial charge in [-0.05, 0) is 61.4 Å². The molecule has 33 heavy (non-hydrogen) atoms. The number of hydrogen-bond acceptors (Lipinski definition) is 6. The van der Waals surface area contributed by atoms with Crippen LogP contribution in [-0.4, -0.2) is 19.0 Å². The van der Waals surface area contributed by atoms with Crippen molar-refractivity contribution in [1.29, 1.82) is 10.5 Å². The van der Waals surface area contributed by atoms with E-state index in [9.17, 15) is 5.26 Å². The second kappa shape index (κ2) is 9.46. The Balaban J connectivity index is 1.78. The Morgan fingerprint density at radius 1 is 0.879 bits per heavy atom. The van der Waals surface area contributed by atoms with Crippen molar-refractivity contribution in [2.24, 2.45) is 4.99 Å². The lowest BCUT2D eigenvalue weighted by Crippen LogP contribution is -2.26. The maximum Gasteiger partial charge on any atom is 0.134 e. The van der Waals surface area contributed by atoms with Gasteiger partial charge in [-0.15, -0.1) is 0 Å². The molecule has 164 valence electrons. The minimum Gasteiger partial charge on any atom is -0.497 e. The molecule has 0 saturated carbocycles. The number of methoxy groups -OCH3 is 1. The molecule has 0 aliphatic carbocycles. The second-order valence-electron chi connectivity index (χ2n) is 8.04. The average Bonchev–Trinajstić information content (AvgIpc) is 3.29. The highest BCUT2D eigenvalue weighted by atomic mass is 16.5. The van der Waals surface area contributed by atoms with Gasteiger partial charge in [0.2, 0.25) is 0 Å². The summed E-state index contributed by atoms with van der Waals surface area (Å²) in [5.74, 6) is 2.12. The number of benzene rings is 3. The highest BCUT2D eigenvalue weighted by Crippen LogP contribution is 2.39.